The normalized spacial score (nSPS) is 29.3. The van der Waals surface area contributed by atoms with Crippen LogP contribution in [-0.2, 0) is 4.74 Å². The average Bonchev–Trinajstić information content (AvgIpc) is 2.77. The van der Waals surface area contributed by atoms with Gasteiger partial charge in [0.25, 0.3) is 0 Å². The lowest BCUT2D eigenvalue weighted by Crippen LogP contribution is -2.37. The first kappa shape index (κ1) is 12.6. The molecule has 2 aliphatic heterocycles. The first-order valence-corrected chi connectivity index (χ1v) is 6.82. The van der Waals surface area contributed by atoms with Crippen molar-refractivity contribution in [3.05, 3.63) is 35.1 Å². The van der Waals surface area contributed by atoms with E-state index in [0.29, 0.717) is 17.6 Å². The molecule has 3 nitrogen and oxygen atoms in total. The van der Waals surface area contributed by atoms with Crippen molar-refractivity contribution in [3.63, 3.8) is 0 Å². The van der Waals surface area contributed by atoms with E-state index in [-0.39, 0.29) is 11.5 Å². The van der Waals surface area contributed by atoms with Gasteiger partial charge in [0.15, 0.2) is 0 Å². The number of hydrogen-bond donors (Lipinski definition) is 1. The van der Waals surface area contributed by atoms with Crippen LogP contribution in [0.4, 0.5) is 4.39 Å². The zero-order valence-corrected chi connectivity index (χ0v) is 11.0. The van der Waals surface area contributed by atoms with Gasteiger partial charge in [-0.05, 0) is 43.2 Å². The van der Waals surface area contributed by atoms with E-state index in [1.165, 1.54) is 26.0 Å². The maximum Gasteiger partial charge on any atom is 0.340 e. The lowest BCUT2D eigenvalue weighted by Gasteiger charge is -2.29. The summed E-state index contributed by atoms with van der Waals surface area (Å²) in [5.41, 5.74) is 0.715. The smallest absolute Gasteiger partial charge is 0.340 e. The highest BCUT2D eigenvalue weighted by Crippen LogP contribution is 2.38. The maximum atomic E-state index is 14.4. The molecule has 0 aliphatic carbocycles. The molecule has 2 unspecified atom stereocenters. The van der Waals surface area contributed by atoms with E-state index in [1.807, 2.05) is 0 Å². The van der Waals surface area contributed by atoms with E-state index in [2.05, 4.69) is 10.1 Å². The minimum absolute atomic E-state index is 0.0471. The molecule has 4 heteroatoms. The van der Waals surface area contributed by atoms with Crippen molar-refractivity contribution in [3.8, 4) is 0 Å². The Kier molecular flexibility index (Phi) is 3.27. The molecule has 0 radical (unpaired) electrons. The van der Waals surface area contributed by atoms with Crippen LogP contribution >= 0.6 is 0 Å². The van der Waals surface area contributed by atoms with Gasteiger partial charge in [0.2, 0.25) is 0 Å². The first-order valence-electron chi connectivity index (χ1n) is 6.82. The van der Waals surface area contributed by atoms with Crippen molar-refractivity contribution in [1.82, 2.24) is 5.32 Å². The van der Waals surface area contributed by atoms with Gasteiger partial charge in [-0.3, -0.25) is 0 Å². The number of rotatable bonds is 2. The SMILES string of the molecule is COC(=O)c1cccc(C2CC3CCC(C2)N3)c1F. The van der Waals surface area contributed by atoms with Crippen molar-refractivity contribution < 1.29 is 13.9 Å². The average molecular weight is 263 g/mol. The number of halogens is 1. The molecule has 2 heterocycles. The number of fused-ring (bicyclic) bond motifs is 2. The van der Waals surface area contributed by atoms with Crippen LogP contribution in [-0.4, -0.2) is 25.2 Å². The number of benzene rings is 1. The van der Waals surface area contributed by atoms with E-state index in [4.69, 9.17) is 0 Å². The predicted molar refractivity (Wildman–Crippen MR) is 69.7 cm³/mol. The first-order chi connectivity index (χ1) is 9.19. The molecule has 0 amide bonds. The zero-order valence-electron chi connectivity index (χ0n) is 11.0. The summed E-state index contributed by atoms with van der Waals surface area (Å²) >= 11 is 0. The van der Waals surface area contributed by atoms with Gasteiger partial charge in [-0.2, -0.15) is 0 Å². The zero-order chi connectivity index (χ0) is 13.4. The Bertz CT molecular complexity index is 491. The van der Waals surface area contributed by atoms with Gasteiger partial charge in [-0.1, -0.05) is 12.1 Å². The third-order valence-electron chi connectivity index (χ3n) is 4.35. The van der Waals surface area contributed by atoms with Crippen molar-refractivity contribution in [2.45, 2.75) is 43.7 Å². The minimum Gasteiger partial charge on any atom is -0.465 e. The molecule has 1 aromatic carbocycles. The van der Waals surface area contributed by atoms with Gasteiger partial charge in [-0.15, -0.1) is 0 Å². The van der Waals surface area contributed by atoms with E-state index in [0.717, 1.165) is 12.8 Å². The van der Waals surface area contributed by atoms with Crippen LogP contribution in [0.5, 0.6) is 0 Å². The number of hydrogen-bond acceptors (Lipinski definition) is 3. The fourth-order valence-electron chi connectivity index (χ4n) is 3.44. The number of nitrogens with one attached hydrogen (secondary N) is 1. The Balaban J connectivity index is 1.90. The predicted octanol–water partition coefficient (Wildman–Crippen LogP) is 2.61. The maximum absolute atomic E-state index is 14.4. The monoisotopic (exact) mass is 263 g/mol. The topological polar surface area (TPSA) is 38.3 Å². The Morgan fingerprint density at radius 1 is 1.32 bits per heavy atom. The summed E-state index contributed by atoms with van der Waals surface area (Å²) in [6, 6.07) is 6.04. The van der Waals surface area contributed by atoms with E-state index in [9.17, 15) is 9.18 Å². The molecule has 2 saturated heterocycles. The molecule has 1 N–H and O–H groups in total. The summed E-state index contributed by atoms with van der Waals surface area (Å²) in [6.45, 7) is 0. The highest BCUT2D eigenvalue weighted by atomic mass is 19.1. The van der Waals surface area contributed by atoms with Gasteiger partial charge in [0.05, 0.1) is 12.7 Å². The Labute approximate surface area is 112 Å². The van der Waals surface area contributed by atoms with E-state index >= 15 is 0 Å². The number of ether oxygens (including phenoxy) is 1. The van der Waals surface area contributed by atoms with Crippen molar-refractivity contribution >= 4 is 5.97 Å². The summed E-state index contributed by atoms with van der Waals surface area (Å²) < 4.78 is 19.1. The summed E-state index contributed by atoms with van der Waals surface area (Å²) in [7, 11) is 1.28. The Morgan fingerprint density at radius 2 is 2.00 bits per heavy atom. The van der Waals surface area contributed by atoms with Crippen molar-refractivity contribution in [2.75, 3.05) is 7.11 Å². The van der Waals surface area contributed by atoms with Crippen LogP contribution in [0.25, 0.3) is 0 Å². The third-order valence-corrected chi connectivity index (χ3v) is 4.35. The van der Waals surface area contributed by atoms with Crippen LogP contribution in [0.2, 0.25) is 0 Å². The molecule has 0 saturated carbocycles. The number of carbonyl (C=O) groups excluding carboxylic acids is 1. The highest BCUT2D eigenvalue weighted by molar-refractivity contribution is 5.89. The summed E-state index contributed by atoms with van der Waals surface area (Å²) in [6.07, 6.45) is 4.27. The fraction of sp³-hybridized carbons (Fsp3) is 0.533. The molecule has 2 fully saturated rings. The molecule has 102 valence electrons. The molecule has 2 aliphatic rings. The van der Waals surface area contributed by atoms with Crippen molar-refractivity contribution in [2.24, 2.45) is 0 Å². The van der Waals surface area contributed by atoms with Gasteiger partial charge >= 0.3 is 5.97 Å². The van der Waals surface area contributed by atoms with Gasteiger partial charge in [0.1, 0.15) is 5.82 Å². The van der Waals surface area contributed by atoms with E-state index < -0.39 is 11.8 Å². The van der Waals surface area contributed by atoms with Crippen LogP contribution in [0.15, 0.2) is 18.2 Å². The largest absolute Gasteiger partial charge is 0.465 e. The lowest BCUT2D eigenvalue weighted by atomic mass is 9.85. The van der Waals surface area contributed by atoms with Crippen LogP contribution < -0.4 is 5.32 Å². The molecule has 0 spiro atoms. The number of esters is 1. The molecular formula is C15H18FNO2. The Morgan fingerprint density at radius 3 is 2.63 bits per heavy atom. The molecule has 2 bridgehead atoms. The highest BCUT2D eigenvalue weighted by Gasteiger charge is 2.35. The molecule has 19 heavy (non-hydrogen) atoms. The molecular weight excluding hydrogens is 245 g/mol. The number of carbonyl (C=O) groups is 1. The molecule has 3 rings (SSSR count). The molecule has 1 aromatic rings. The quantitative estimate of drug-likeness (QED) is 0.834. The molecule has 2 atom stereocenters. The van der Waals surface area contributed by atoms with E-state index in [1.54, 1.807) is 12.1 Å². The van der Waals surface area contributed by atoms with Crippen LogP contribution in [0, 0.1) is 5.82 Å². The lowest BCUT2D eigenvalue weighted by molar-refractivity contribution is 0.0595. The van der Waals surface area contributed by atoms with Crippen LogP contribution in [0.1, 0.15) is 47.5 Å². The van der Waals surface area contributed by atoms with Crippen molar-refractivity contribution in [1.29, 1.82) is 0 Å². The van der Waals surface area contributed by atoms with Gasteiger partial charge in [-0.25, -0.2) is 9.18 Å². The summed E-state index contributed by atoms with van der Waals surface area (Å²) in [5, 5.41) is 3.54. The second-order valence-electron chi connectivity index (χ2n) is 5.51. The third kappa shape index (κ3) is 2.25. The summed E-state index contributed by atoms with van der Waals surface area (Å²) in [4.78, 5) is 11.5. The fourth-order valence-corrected chi connectivity index (χ4v) is 3.44. The van der Waals surface area contributed by atoms with Gasteiger partial charge in [0, 0.05) is 12.1 Å². The summed E-state index contributed by atoms with van der Waals surface area (Å²) in [5.74, 6) is -0.791. The second kappa shape index (κ2) is 4.93. The minimum atomic E-state index is -0.601. The number of piperidine rings is 1. The van der Waals surface area contributed by atoms with Gasteiger partial charge < -0.3 is 10.1 Å². The molecule has 0 aromatic heterocycles. The standard InChI is InChI=1S/C15H18FNO2/c1-19-15(18)13-4-2-3-12(14(13)16)9-7-10-5-6-11(8-9)17-10/h2-4,9-11,17H,5-8H2,1H3. The second-order valence-corrected chi connectivity index (χ2v) is 5.51. The number of methoxy groups -OCH3 is 1. The Hall–Kier alpha value is -1.42. The van der Waals surface area contributed by atoms with Crippen LogP contribution in [0.3, 0.4) is 0 Å².